The van der Waals surface area contributed by atoms with Crippen LogP contribution >= 0.6 is 0 Å². The molecule has 1 fully saturated rings. The van der Waals surface area contributed by atoms with Crippen LogP contribution in [0.15, 0.2) is 0 Å². The van der Waals surface area contributed by atoms with Crippen LogP contribution in [0.2, 0.25) is 0 Å². The molecule has 1 aliphatic rings. The van der Waals surface area contributed by atoms with Crippen LogP contribution in [0.5, 0.6) is 0 Å². The molecular weight excluding hydrogens is 148 g/mol. The minimum atomic E-state index is 0.0130. The molecule has 0 bridgehead atoms. The lowest BCUT2D eigenvalue weighted by Gasteiger charge is -2.18. The van der Waals surface area contributed by atoms with Gasteiger partial charge in [-0.2, -0.15) is 0 Å². The third-order valence-electron chi connectivity index (χ3n) is 2.77. The molecule has 1 aliphatic carbocycles. The first kappa shape index (κ1) is 10.0. The van der Waals surface area contributed by atoms with Crippen molar-refractivity contribution in [1.29, 1.82) is 0 Å². The summed E-state index contributed by atoms with van der Waals surface area (Å²) in [5.41, 5.74) is 7.84. The zero-order valence-electron chi connectivity index (χ0n) is 8.10. The molecule has 0 aromatic carbocycles. The minimum absolute atomic E-state index is 0.0130. The Bertz CT molecular complexity index is 108. The molecule has 1 rings (SSSR count). The van der Waals surface area contributed by atoms with E-state index >= 15 is 0 Å². The highest BCUT2D eigenvalue weighted by atomic mass is 15.0. The molecule has 71 valence electrons. The fourth-order valence-electron chi connectivity index (χ4n) is 1.89. The van der Waals surface area contributed by atoms with Crippen LogP contribution in [-0.4, -0.2) is 12.7 Å². The molecule has 0 spiro atoms. The van der Waals surface area contributed by atoms with Gasteiger partial charge in [-0.1, -0.05) is 26.2 Å². The van der Waals surface area contributed by atoms with E-state index in [0.717, 1.165) is 6.54 Å². The van der Waals surface area contributed by atoms with Crippen molar-refractivity contribution in [3.63, 3.8) is 0 Å². The topological polar surface area (TPSA) is 35.8 Å². The van der Waals surface area contributed by atoms with Crippen molar-refractivity contribution in [3.8, 4) is 0 Å². The van der Waals surface area contributed by atoms with E-state index < -0.39 is 0 Å². The Morgan fingerprint density at radius 2 is 2.08 bits per heavy atom. The molecule has 1 saturated carbocycles. The average Bonchev–Trinajstić information content (AvgIpc) is 2.56. The van der Waals surface area contributed by atoms with Crippen molar-refractivity contribution >= 4 is 0 Å². The minimum Gasteiger partial charge on any atom is -0.301 e. The van der Waals surface area contributed by atoms with Crippen molar-refractivity contribution in [2.24, 2.45) is 5.92 Å². The van der Waals surface area contributed by atoms with E-state index in [9.17, 15) is 0 Å². The third kappa shape index (κ3) is 3.11. The maximum atomic E-state index is 7.84. The lowest BCUT2D eigenvalue weighted by atomic mass is 10.1. The fraction of sp³-hybridized carbons (Fsp3) is 1.00. The molecule has 0 aromatic rings. The van der Waals surface area contributed by atoms with E-state index in [1.165, 1.54) is 38.5 Å². The van der Waals surface area contributed by atoms with E-state index in [1.54, 1.807) is 0 Å². The molecule has 2 heteroatoms. The summed E-state index contributed by atoms with van der Waals surface area (Å²) in [4.78, 5) is 0. The summed E-state index contributed by atoms with van der Waals surface area (Å²) in [6.07, 6.45) is 7.68. The Morgan fingerprint density at radius 3 is 2.67 bits per heavy atom. The normalized spacial score (nSPS) is 21.5. The maximum Gasteiger partial charge on any atom is 0.0733 e. The maximum absolute atomic E-state index is 7.84. The number of nitrogens with one attached hydrogen (secondary N) is 2. The van der Waals surface area contributed by atoms with Gasteiger partial charge in [0, 0.05) is 0 Å². The zero-order chi connectivity index (χ0) is 8.81. The largest absolute Gasteiger partial charge is 0.301 e. The second-order valence-electron chi connectivity index (χ2n) is 3.83. The first-order valence-electron chi connectivity index (χ1n) is 5.29. The molecule has 1 atom stereocenters. The van der Waals surface area contributed by atoms with Crippen LogP contribution in [0.1, 0.15) is 45.4 Å². The predicted molar refractivity (Wildman–Crippen MR) is 51.8 cm³/mol. The van der Waals surface area contributed by atoms with Gasteiger partial charge in [0.25, 0.3) is 0 Å². The number of unbranched alkanes of at least 4 members (excludes halogenated alkanes) is 1. The highest BCUT2D eigenvalue weighted by Gasteiger charge is 2.21. The van der Waals surface area contributed by atoms with Crippen molar-refractivity contribution < 1.29 is 0 Å². The Hall–Kier alpha value is -0.0800. The number of hydrogen-bond acceptors (Lipinski definition) is 1. The zero-order valence-corrected chi connectivity index (χ0v) is 8.10. The smallest absolute Gasteiger partial charge is 0.0733 e. The van der Waals surface area contributed by atoms with E-state index in [4.69, 9.17) is 5.73 Å². The third-order valence-corrected chi connectivity index (χ3v) is 2.77. The summed E-state index contributed by atoms with van der Waals surface area (Å²) >= 11 is 0. The predicted octanol–water partition coefficient (Wildman–Crippen LogP) is 2.18. The van der Waals surface area contributed by atoms with Crippen molar-refractivity contribution in [2.75, 3.05) is 6.54 Å². The highest BCUT2D eigenvalue weighted by molar-refractivity contribution is 4.75. The second kappa shape index (κ2) is 5.55. The van der Waals surface area contributed by atoms with Gasteiger partial charge in [0.2, 0.25) is 0 Å². The number of rotatable bonds is 5. The fourth-order valence-corrected chi connectivity index (χ4v) is 1.89. The summed E-state index contributed by atoms with van der Waals surface area (Å²) in [6, 6.07) is 0. The van der Waals surface area contributed by atoms with Crippen LogP contribution in [0, 0.1) is 5.92 Å². The van der Waals surface area contributed by atoms with Gasteiger partial charge in [-0.25, -0.2) is 5.73 Å². The molecule has 2 nitrogen and oxygen atoms in total. The van der Waals surface area contributed by atoms with Crippen molar-refractivity contribution in [2.45, 2.75) is 51.6 Å². The SMILES string of the molecule is CCCCNC([NH])C1CCCC1. The molecule has 0 amide bonds. The van der Waals surface area contributed by atoms with Gasteiger partial charge < -0.3 is 5.32 Å². The van der Waals surface area contributed by atoms with E-state index in [1.807, 2.05) is 0 Å². The van der Waals surface area contributed by atoms with Crippen LogP contribution in [0.25, 0.3) is 0 Å². The molecule has 2 N–H and O–H groups in total. The first-order valence-corrected chi connectivity index (χ1v) is 5.29. The summed E-state index contributed by atoms with van der Waals surface area (Å²) in [5.74, 6) is 0.641. The van der Waals surface area contributed by atoms with E-state index in [2.05, 4.69) is 12.2 Å². The van der Waals surface area contributed by atoms with E-state index in [-0.39, 0.29) is 6.17 Å². The average molecular weight is 169 g/mol. The quantitative estimate of drug-likeness (QED) is 0.629. The van der Waals surface area contributed by atoms with Crippen LogP contribution < -0.4 is 11.1 Å². The molecule has 0 aromatic heterocycles. The molecule has 12 heavy (non-hydrogen) atoms. The highest BCUT2D eigenvalue weighted by Crippen LogP contribution is 2.26. The monoisotopic (exact) mass is 169 g/mol. The Labute approximate surface area is 75.9 Å². The molecule has 1 radical (unpaired) electrons. The molecule has 0 heterocycles. The van der Waals surface area contributed by atoms with Gasteiger partial charge >= 0.3 is 0 Å². The lowest BCUT2D eigenvalue weighted by molar-refractivity contribution is 0.356. The summed E-state index contributed by atoms with van der Waals surface area (Å²) in [5, 5.41) is 3.29. The number of hydrogen-bond donors (Lipinski definition) is 1. The lowest BCUT2D eigenvalue weighted by Crippen LogP contribution is -2.36. The molecule has 0 aliphatic heterocycles. The van der Waals surface area contributed by atoms with Gasteiger partial charge in [-0.05, 0) is 31.7 Å². The van der Waals surface area contributed by atoms with Crippen molar-refractivity contribution in [1.82, 2.24) is 11.1 Å². The van der Waals surface area contributed by atoms with Gasteiger partial charge in [0.05, 0.1) is 6.17 Å². The Kier molecular flexibility index (Phi) is 4.62. The summed E-state index contributed by atoms with van der Waals surface area (Å²) < 4.78 is 0. The van der Waals surface area contributed by atoms with Crippen LogP contribution in [0.4, 0.5) is 0 Å². The summed E-state index contributed by atoms with van der Waals surface area (Å²) in [6.45, 7) is 3.22. The van der Waals surface area contributed by atoms with Gasteiger partial charge in [-0.15, -0.1) is 0 Å². The van der Waals surface area contributed by atoms with Gasteiger partial charge in [-0.3, -0.25) is 0 Å². The Morgan fingerprint density at radius 1 is 1.42 bits per heavy atom. The van der Waals surface area contributed by atoms with Crippen LogP contribution in [0.3, 0.4) is 0 Å². The second-order valence-corrected chi connectivity index (χ2v) is 3.83. The molecule has 0 saturated heterocycles. The molecule has 1 unspecified atom stereocenters. The van der Waals surface area contributed by atoms with Crippen LogP contribution in [-0.2, 0) is 0 Å². The Balaban J connectivity index is 2.05. The van der Waals surface area contributed by atoms with E-state index in [0.29, 0.717) is 5.92 Å². The molecular formula is C10H21N2. The van der Waals surface area contributed by atoms with Crippen molar-refractivity contribution in [3.05, 3.63) is 0 Å². The van der Waals surface area contributed by atoms with Gasteiger partial charge in [0.15, 0.2) is 0 Å². The van der Waals surface area contributed by atoms with Gasteiger partial charge in [0.1, 0.15) is 0 Å². The summed E-state index contributed by atoms with van der Waals surface area (Å²) in [7, 11) is 0. The standard InChI is InChI=1S/C10H21N2/c1-2-3-8-12-10(11)9-6-4-5-7-9/h9-12H,2-8H2,1H3. The first-order chi connectivity index (χ1) is 5.84.